The van der Waals surface area contributed by atoms with Crippen LogP contribution in [-0.2, 0) is 24.4 Å². The lowest BCUT2D eigenvalue weighted by atomic mass is 9.49. The number of halogens is 4. The quantitative estimate of drug-likeness (QED) is 0.219. The van der Waals surface area contributed by atoms with Crippen molar-refractivity contribution < 1.29 is 49.6 Å². The maximum absolute atomic E-state index is 14.0. The first-order valence-corrected chi connectivity index (χ1v) is 11.5. The molecule has 4 aliphatic rings. The van der Waals surface area contributed by atoms with Crippen molar-refractivity contribution in [2.75, 3.05) is 13.2 Å². The first-order valence-electron chi connectivity index (χ1n) is 10.1. The average molecular weight is 480 g/mol. The van der Waals surface area contributed by atoms with E-state index in [0.29, 0.717) is 17.8 Å². The third-order valence-electron chi connectivity index (χ3n) is 6.71. The van der Waals surface area contributed by atoms with Gasteiger partial charge in [0.15, 0.2) is 28.2 Å². The molecule has 12 heteroatoms. The fourth-order valence-corrected chi connectivity index (χ4v) is 6.50. The monoisotopic (exact) mass is 480 g/mol. The molecular formula is C20H20F4O7S. The van der Waals surface area contributed by atoms with Gasteiger partial charge < -0.3 is 9.47 Å². The molecule has 0 spiro atoms. The van der Waals surface area contributed by atoms with Crippen LogP contribution in [0, 0.1) is 46.4 Å². The SMILES string of the molecule is O=C(OCCOC(=O)C12CC3CC(CC(C3)C1)C2)c1c(F)c(F)c(S(=O)(=O)O)c(F)c1F. The summed E-state index contributed by atoms with van der Waals surface area (Å²) >= 11 is 0. The van der Waals surface area contributed by atoms with Gasteiger partial charge in [-0.15, -0.1) is 0 Å². The number of hydrogen-bond acceptors (Lipinski definition) is 6. The summed E-state index contributed by atoms with van der Waals surface area (Å²) in [4.78, 5) is 22.4. The minimum Gasteiger partial charge on any atom is -0.462 e. The molecule has 0 saturated heterocycles. The zero-order valence-corrected chi connectivity index (χ0v) is 17.5. The predicted molar refractivity (Wildman–Crippen MR) is 97.9 cm³/mol. The van der Waals surface area contributed by atoms with Crippen LogP contribution in [0.3, 0.4) is 0 Å². The molecule has 0 atom stereocenters. The summed E-state index contributed by atoms with van der Waals surface area (Å²) in [5.41, 5.74) is -2.37. The van der Waals surface area contributed by atoms with Crippen LogP contribution in [0.25, 0.3) is 0 Å². The van der Waals surface area contributed by atoms with Gasteiger partial charge >= 0.3 is 22.1 Å². The topological polar surface area (TPSA) is 107 Å². The normalized spacial score (nSPS) is 28.6. The van der Waals surface area contributed by atoms with Gasteiger partial charge in [-0.3, -0.25) is 9.35 Å². The lowest BCUT2D eigenvalue weighted by molar-refractivity contribution is -0.172. The summed E-state index contributed by atoms with van der Waals surface area (Å²) in [6.07, 6.45) is 5.58. The molecule has 0 unspecified atom stereocenters. The highest BCUT2D eigenvalue weighted by Gasteiger charge is 2.55. The Morgan fingerprint density at radius 2 is 1.28 bits per heavy atom. The lowest BCUT2D eigenvalue weighted by Crippen LogP contribution is -2.50. The van der Waals surface area contributed by atoms with Crippen LogP contribution in [0.5, 0.6) is 0 Å². The number of esters is 2. The number of ether oxygens (including phenoxy) is 2. The standard InChI is InChI=1S/C20H20F4O7S/c21-13-12(14(22)16(24)17(15(13)23)32(27,28)29)18(25)30-1-2-31-19(26)20-6-9-3-10(7-20)5-11(4-9)8-20/h9-11H,1-8H2,(H,27,28,29). The van der Waals surface area contributed by atoms with E-state index >= 15 is 0 Å². The van der Waals surface area contributed by atoms with Crippen LogP contribution in [0.4, 0.5) is 17.6 Å². The molecule has 1 N–H and O–H groups in total. The minimum absolute atomic E-state index is 0.417. The second kappa shape index (κ2) is 7.98. The van der Waals surface area contributed by atoms with E-state index in [9.17, 15) is 35.6 Å². The van der Waals surface area contributed by atoms with E-state index in [1.54, 1.807) is 0 Å². The second-order valence-corrected chi connectivity index (χ2v) is 10.3. The molecule has 7 nitrogen and oxygen atoms in total. The van der Waals surface area contributed by atoms with Gasteiger partial charge in [0.05, 0.1) is 5.41 Å². The Labute approximate surface area is 180 Å². The maximum Gasteiger partial charge on any atom is 0.344 e. The summed E-state index contributed by atoms with van der Waals surface area (Å²) in [6.45, 7) is -1.07. The molecule has 4 bridgehead atoms. The van der Waals surface area contributed by atoms with Crippen molar-refractivity contribution in [1.29, 1.82) is 0 Å². The Kier molecular flexibility index (Phi) is 5.73. The van der Waals surface area contributed by atoms with Crippen molar-refractivity contribution >= 4 is 22.1 Å². The van der Waals surface area contributed by atoms with Gasteiger partial charge in [-0.05, 0) is 56.3 Å². The van der Waals surface area contributed by atoms with E-state index < -0.39 is 74.4 Å². The van der Waals surface area contributed by atoms with Gasteiger partial charge in [-0.25, -0.2) is 22.4 Å². The fourth-order valence-electron chi connectivity index (χ4n) is 5.87. The molecule has 176 valence electrons. The van der Waals surface area contributed by atoms with Crippen molar-refractivity contribution in [1.82, 2.24) is 0 Å². The fraction of sp³-hybridized carbons (Fsp3) is 0.600. The molecule has 4 saturated carbocycles. The third-order valence-corrected chi connectivity index (χ3v) is 7.58. The summed E-state index contributed by atoms with van der Waals surface area (Å²) in [5.74, 6) is -10.4. The summed E-state index contributed by atoms with van der Waals surface area (Å²) < 4.78 is 96.0. The lowest BCUT2D eigenvalue weighted by Gasteiger charge is -2.55. The molecule has 0 radical (unpaired) electrons. The average Bonchev–Trinajstić information content (AvgIpc) is 2.68. The van der Waals surface area contributed by atoms with Crippen LogP contribution in [0.2, 0.25) is 0 Å². The first-order chi connectivity index (χ1) is 14.9. The molecule has 0 aromatic heterocycles. The van der Waals surface area contributed by atoms with E-state index in [1.807, 2.05) is 0 Å². The Hall–Kier alpha value is -2.21. The van der Waals surface area contributed by atoms with E-state index in [2.05, 4.69) is 4.74 Å². The first kappa shape index (κ1) is 23.0. The number of rotatable bonds is 6. The molecule has 0 amide bonds. The summed E-state index contributed by atoms with van der Waals surface area (Å²) in [6, 6.07) is 0. The van der Waals surface area contributed by atoms with Gasteiger partial charge in [0, 0.05) is 0 Å². The van der Waals surface area contributed by atoms with Gasteiger partial charge in [-0.1, -0.05) is 0 Å². The van der Waals surface area contributed by atoms with Crippen molar-refractivity contribution in [2.45, 2.75) is 43.4 Å². The second-order valence-electron chi connectivity index (χ2n) is 8.90. The highest BCUT2D eigenvalue weighted by molar-refractivity contribution is 7.85. The van der Waals surface area contributed by atoms with E-state index in [0.717, 1.165) is 38.5 Å². The van der Waals surface area contributed by atoms with E-state index in [1.165, 1.54) is 0 Å². The van der Waals surface area contributed by atoms with Gasteiger partial charge in [0.2, 0.25) is 0 Å². The maximum atomic E-state index is 14.0. The molecule has 1 aromatic rings. The molecule has 4 fully saturated rings. The number of carbonyl (C=O) groups excluding carboxylic acids is 2. The predicted octanol–water partition coefficient (Wildman–Crippen LogP) is 3.41. The Bertz CT molecular complexity index is 1020. The smallest absolute Gasteiger partial charge is 0.344 e. The van der Waals surface area contributed by atoms with Crippen molar-refractivity contribution in [3.05, 3.63) is 28.8 Å². The van der Waals surface area contributed by atoms with Gasteiger partial charge in [-0.2, -0.15) is 8.42 Å². The number of hydrogen-bond donors (Lipinski definition) is 1. The highest BCUT2D eigenvalue weighted by Crippen LogP contribution is 2.60. The zero-order chi connectivity index (χ0) is 23.4. The van der Waals surface area contributed by atoms with Crippen molar-refractivity contribution in [3.8, 4) is 0 Å². The largest absolute Gasteiger partial charge is 0.462 e. The molecule has 0 aliphatic heterocycles. The Morgan fingerprint density at radius 1 is 0.844 bits per heavy atom. The highest BCUT2D eigenvalue weighted by atomic mass is 32.2. The van der Waals surface area contributed by atoms with Crippen LogP contribution in [0.15, 0.2) is 4.90 Å². The molecular weight excluding hydrogens is 460 g/mol. The number of carbonyl (C=O) groups is 2. The Balaban J connectivity index is 1.38. The molecule has 0 heterocycles. The van der Waals surface area contributed by atoms with Crippen molar-refractivity contribution in [3.63, 3.8) is 0 Å². The van der Waals surface area contributed by atoms with Crippen LogP contribution >= 0.6 is 0 Å². The molecule has 32 heavy (non-hydrogen) atoms. The minimum atomic E-state index is -5.64. The van der Waals surface area contributed by atoms with Gasteiger partial charge in [0.25, 0.3) is 0 Å². The molecule has 5 rings (SSSR count). The molecule has 4 aliphatic carbocycles. The third kappa shape index (κ3) is 3.87. The number of benzene rings is 1. The molecule has 1 aromatic carbocycles. The van der Waals surface area contributed by atoms with Crippen LogP contribution in [0.1, 0.15) is 48.9 Å². The Morgan fingerprint density at radius 3 is 1.72 bits per heavy atom. The van der Waals surface area contributed by atoms with E-state index in [-0.39, 0.29) is 0 Å². The van der Waals surface area contributed by atoms with Crippen molar-refractivity contribution in [2.24, 2.45) is 23.2 Å². The van der Waals surface area contributed by atoms with Gasteiger partial charge in [0.1, 0.15) is 18.8 Å². The van der Waals surface area contributed by atoms with Crippen LogP contribution < -0.4 is 0 Å². The summed E-state index contributed by atoms with van der Waals surface area (Å²) in [5, 5.41) is 0. The van der Waals surface area contributed by atoms with Crippen LogP contribution in [-0.4, -0.2) is 38.1 Å². The zero-order valence-electron chi connectivity index (χ0n) is 16.7. The van der Waals surface area contributed by atoms with E-state index in [4.69, 9.17) is 9.29 Å². The summed E-state index contributed by atoms with van der Waals surface area (Å²) in [7, 11) is -5.64.